The molecule has 2 N–H and O–H groups in total. The number of fused-ring (bicyclic) bond motifs is 1. The van der Waals surface area contributed by atoms with E-state index in [2.05, 4.69) is 63.8 Å². The highest BCUT2D eigenvalue weighted by molar-refractivity contribution is 14.0. The van der Waals surface area contributed by atoms with Crippen LogP contribution in [0.1, 0.15) is 18.9 Å². The van der Waals surface area contributed by atoms with E-state index in [9.17, 15) is 0 Å². The molecule has 1 fully saturated rings. The molecule has 1 saturated heterocycles. The van der Waals surface area contributed by atoms with E-state index >= 15 is 0 Å². The first-order valence-electron chi connectivity index (χ1n) is 11.1. The monoisotopic (exact) mass is 561 g/mol. The second kappa shape index (κ2) is 11.9. The highest BCUT2D eigenvalue weighted by Crippen LogP contribution is 2.30. The summed E-state index contributed by atoms with van der Waals surface area (Å²) in [5.74, 6) is 2.43. The number of guanidine groups is 1. The number of para-hydroxylation sites is 1. The van der Waals surface area contributed by atoms with Gasteiger partial charge in [0.1, 0.15) is 11.5 Å². The SMILES string of the molecule is CCNC(=NCc1cccc2cccnc12)NC1CCN(c2cc(OC)cc(OC)c2)C1.I. The van der Waals surface area contributed by atoms with Gasteiger partial charge in [-0.1, -0.05) is 24.3 Å². The van der Waals surface area contributed by atoms with Gasteiger partial charge >= 0.3 is 0 Å². The number of aliphatic imine (C=N–C) groups is 1. The van der Waals surface area contributed by atoms with Crippen LogP contribution in [0.3, 0.4) is 0 Å². The maximum atomic E-state index is 5.43. The van der Waals surface area contributed by atoms with Crippen LogP contribution in [0.2, 0.25) is 0 Å². The summed E-state index contributed by atoms with van der Waals surface area (Å²) < 4.78 is 10.9. The van der Waals surface area contributed by atoms with Gasteiger partial charge in [-0.25, -0.2) is 4.99 Å². The molecular weight excluding hydrogens is 529 g/mol. The number of halogens is 1. The lowest BCUT2D eigenvalue weighted by Crippen LogP contribution is -2.44. The van der Waals surface area contributed by atoms with Gasteiger partial charge in [-0.3, -0.25) is 4.98 Å². The van der Waals surface area contributed by atoms with Crippen LogP contribution >= 0.6 is 24.0 Å². The van der Waals surface area contributed by atoms with Crippen LogP contribution in [-0.2, 0) is 6.54 Å². The number of nitrogens with one attached hydrogen (secondary N) is 2. The fraction of sp³-hybridized carbons (Fsp3) is 0.360. The van der Waals surface area contributed by atoms with Gasteiger partial charge in [0.15, 0.2) is 5.96 Å². The average Bonchev–Trinajstić information content (AvgIpc) is 3.31. The lowest BCUT2D eigenvalue weighted by molar-refractivity contribution is 0.394. The Morgan fingerprint density at radius 2 is 1.88 bits per heavy atom. The van der Waals surface area contributed by atoms with Gasteiger partial charge in [-0.2, -0.15) is 0 Å². The number of anilines is 1. The van der Waals surface area contributed by atoms with Crippen LogP contribution < -0.4 is 25.0 Å². The molecule has 0 saturated carbocycles. The summed E-state index contributed by atoms with van der Waals surface area (Å²) in [5.41, 5.74) is 3.24. The predicted molar refractivity (Wildman–Crippen MR) is 145 cm³/mol. The number of methoxy groups -OCH3 is 2. The molecule has 2 aromatic carbocycles. The average molecular weight is 561 g/mol. The molecule has 3 aromatic rings. The standard InChI is InChI=1S/C25H31N5O2.HI/c1-4-26-25(28-16-19-8-5-7-18-9-6-11-27-24(18)19)29-20-10-12-30(17-20)21-13-22(31-2)15-23(14-21)32-3;/h5-9,11,13-15,20H,4,10,12,16-17H2,1-3H3,(H2,26,28,29);1H. The van der Waals surface area contributed by atoms with Crippen molar-refractivity contribution in [3.05, 3.63) is 60.3 Å². The zero-order valence-corrected chi connectivity index (χ0v) is 21.7. The van der Waals surface area contributed by atoms with Crippen LogP contribution in [-0.4, -0.2) is 50.8 Å². The van der Waals surface area contributed by atoms with Crippen LogP contribution in [0.15, 0.2) is 59.7 Å². The molecule has 0 radical (unpaired) electrons. The zero-order chi connectivity index (χ0) is 22.3. The normalized spacial score (nSPS) is 15.8. The van der Waals surface area contributed by atoms with Crippen molar-refractivity contribution >= 4 is 46.5 Å². The van der Waals surface area contributed by atoms with Crippen LogP contribution in [0, 0.1) is 0 Å². The highest BCUT2D eigenvalue weighted by atomic mass is 127. The van der Waals surface area contributed by atoms with Crippen molar-refractivity contribution in [2.75, 3.05) is 38.8 Å². The molecule has 1 aliphatic rings. The third kappa shape index (κ3) is 6.19. The van der Waals surface area contributed by atoms with E-state index < -0.39 is 0 Å². The van der Waals surface area contributed by atoms with E-state index in [0.29, 0.717) is 12.6 Å². The predicted octanol–water partition coefficient (Wildman–Crippen LogP) is 4.20. The number of aromatic nitrogens is 1. The third-order valence-electron chi connectivity index (χ3n) is 5.70. The lowest BCUT2D eigenvalue weighted by Gasteiger charge is -2.21. The molecule has 8 heteroatoms. The zero-order valence-electron chi connectivity index (χ0n) is 19.4. The van der Waals surface area contributed by atoms with Crippen LogP contribution in [0.25, 0.3) is 10.9 Å². The summed E-state index contributed by atoms with van der Waals surface area (Å²) in [7, 11) is 3.36. The Hall–Kier alpha value is -2.75. The fourth-order valence-electron chi connectivity index (χ4n) is 4.06. The largest absolute Gasteiger partial charge is 0.497 e. The summed E-state index contributed by atoms with van der Waals surface area (Å²) in [6.45, 7) is 5.31. The van der Waals surface area contributed by atoms with Gasteiger partial charge in [-0.05, 0) is 25.0 Å². The van der Waals surface area contributed by atoms with Crippen molar-refractivity contribution in [1.82, 2.24) is 15.6 Å². The summed E-state index contributed by atoms with van der Waals surface area (Å²) >= 11 is 0. The summed E-state index contributed by atoms with van der Waals surface area (Å²) in [4.78, 5) is 11.7. The van der Waals surface area contributed by atoms with Crippen molar-refractivity contribution in [2.45, 2.75) is 25.9 Å². The minimum atomic E-state index is 0. The summed E-state index contributed by atoms with van der Waals surface area (Å²) in [6.07, 6.45) is 2.86. The molecule has 0 amide bonds. The number of hydrogen-bond donors (Lipinski definition) is 2. The maximum Gasteiger partial charge on any atom is 0.191 e. The molecular formula is C25H32IN5O2. The van der Waals surface area contributed by atoms with Crippen molar-refractivity contribution in [3.63, 3.8) is 0 Å². The third-order valence-corrected chi connectivity index (χ3v) is 5.70. The molecule has 176 valence electrons. The van der Waals surface area contributed by atoms with Gasteiger partial charge in [0.2, 0.25) is 0 Å². The second-order valence-electron chi connectivity index (χ2n) is 7.83. The molecule has 1 atom stereocenters. The molecule has 1 aliphatic heterocycles. The Labute approximate surface area is 212 Å². The van der Waals surface area contributed by atoms with Crippen LogP contribution in [0.5, 0.6) is 11.5 Å². The fourth-order valence-corrected chi connectivity index (χ4v) is 4.06. The number of ether oxygens (including phenoxy) is 2. The maximum absolute atomic E-state index is 5.43. The quantitative estimate of drug-likeness (QED) is 0.256. The lowest BCUT2D eigenvalue weighted by atomic mass is 10.1. The number of benzene rings is 2. The van der Waals surface area contributed by atoms with Crippen molar-refractivity contribution in [2.24, 2.45) is 4.99 Å². The minimum absolute atomic E-state index is 0. The molecule has 1 aromatic heterocycles. The summed E-state index contributed by atoms with van der Waals surface area (Å²) in [5, 5.41) is 8.12. The molecule has 33 heavy (non-hydrogen) atoms. The molecule has 0 bridgehead atoms. The van der Waals surface area contributed by atoms with E-state index in [1.807, 2.05) is 18.3 Å². The number of hydrogen-bond acceptors (Lipinski definition) is 5. The Kier molecular flexibility index (Phi) is 8.99. The van der Waals surface area contributed by atoms with Gasteiger partial charge in [0.05, 0.1) is 26.3 Å². The van der Waals surface area contributed by atoms with E-state index in [1.165, 1.54) is 0 Å². The first kappa shape index (κ1) is 24.9. The second-order valence-corrected chi connectivity index (χ2v) is 7.83. The van der Waals surface area contributed by atoms with Crippen LogP contribution in [0.4, 0.5) is 5.69 Å². The Morgan fingerprint density at radius 1 is 1.12 bits per heavy atom. The van der Waals surface area contributed by atoms with Gasteiger partial charge in [0.25, 0.3) is 0 Å². The smallest absolute Gasteiger partial charge is 0.191 e. The number of rotatable bonds is 7. The molecule has 0 aliphatic carbocycles. The van der Waals surface area contributed by atoms with E-state index in [-0.39, 0.29) is 24.0 Å². The molecule has 1 unspecified atom stereocenters. The minimum Gasteiger partial charge on any atom is -0.497 e. The summed E-state index contributed by atoms with van der Waals surface area (Å²) in [6, 6.07) is 16.6. The van der Waals surface area contributed by atoms with Gasteiger partial charge < -0.3 is 25.0 Å². The molecule has 2 heterocycles. The Morgan fingerprint density at radius 3 is 2.61 bits per heavy atom. The van der Waals surface area contributed by atoms with E-state index in [1.54, 1.807) is 14.2 Å². The van der Waals surface area contributed by atoms with E-state index in [0.717, 1.165) is 65.7 Å². The number of nitrogens with zero attached hydrogens (tertiary/aromatic N) is 3. The Balaban J connectivity index is 0.00000306. The molecule has 0 spiro atoms. The van der Waals surface area contributed by atoms with Crippen molar-refractivity contribution < 1.29 is 9.47 Å². The first-order valence-corrected chi connectivity index (χ1v) is 11.1. The van der Waals surface area contributed by atoms with Gasteiger partial charge in [-0.15, -0.1) is 24.0 Å². The molecule has 7 nitrogen and oxygen atoms in total. The highest BCUT2D eigenvalue weighted by Gasteiger charge is 2.24. The van der Waals surface area contributed by atoms with Crippen molar-refractivity contribution in [1.29, 1.82) is 0 Å². The Bertz CT molecular complexity index is 1060. The van der Waals surface area contributed by atoms with Gasteiger partial charge in [0, 0.05) is 61.1 Å². The van der Waals surface area contributed by atoms with Crippen molar-refractivity contribution in [3.8, 4) is 11.5 Å². The topological polar surface area (TPSA) is 71.0 Å². The molecule has 4 rings (SSSR count). The number of pyridine rings is 1. The first-order chi connectivity index (χ1) is 15.7. The van der Waals surface area contributed by atoms with E-state index in [4.69, 9.17) is 14.5 Å².